The fourth-order valence-electron chi connectivity index (χ4n) is 8.86. The minimum Gasteiger partial charge on any atom is -0.310 e. The first-order valence-electron chi connectivity index (χ1n) is 19.9. The maximum atomic E-state index is 2.44. The molecule has 0 aliphatic carbocycles. The number of hydrogen-bond donors (Lipinski definition) is 0. The van der Waals surface area contributed by atoms with Crippen LogP contribution >= 0.6 is 0 Å². The molecule has 0 N–H and O–H groups in total. The summed E-state index contributed by atoms with van der Waals surface area (Å²) in [5.41, 5.74) is 14.2. The fraction of sp³-hybridized carbons (Fsp3) is 0. The Morgan fingerprint density at radius 2 is 0.845 bits per heavy atom. The molecule has 11 rings (SSSR count). The van der Waals surface area contributed by atoms with Crippen LogP contribution < -0.4 is 4.90 Å². The summed E-state index contributed by atoms with van der Waals surface area (Å²) < 4.78 is 2.44. The van der Waals surface area contributed by atoms with Gasteiger partial charge in [0.05, 0.1) is 16.7 Å². The van der Waals surface area contributed by atoms with Crippen molar-refractivity contribution in [3.8, 4) is 39.1 Å². The molecule has 0 saturated carbocycles. The molecule has 272 valence electrons. The quantitative estimate of drug-likeness (QED) is 0.158. The van der Waals surface area contributed by atoms with Crippen molar-refractivity contribution in [2.75, 3.05) is 4.90 Å². The van der Waals surface area contributed by atoms with Crippen LogP contribution in [0.1, 0.15) is 0 Å². The van der Waals surface area contributed by atoms with E-state index < -0.39 is 0 Å². The summed E-state index contributed by atoms with van der Waals surface area (Å²) in [5.74, 6) is 0. The van der Waals surface area contributed by atoms with Gasteiger partial charge in [-0.2, -0.15) is 0 Å². The Morgan fingerprint density at radius 1 is 0.310 bits per heavy atom. The summed E-state index contributed by atoms with van der Waals surface area (Å²) in [6, 6.07) is 83.5. The van der Waals surface area contributed by atoms with Gasteiger partial charge in [-0.15, -0.1) is 0 Å². The van der Waals surface area contributed by atoms with E-state index >= 15 is 0 Å². The van der Waals surface area contributed by atoms with Gasteiger partial charge in [-0.25, -0.2) is 0 Å². The summed E-state index contributed by atoms with van der Waals surface area (Å²) in [6.45, 7) is 0. The highest BCUT2D eigenvalue weighted by molar-refractivity contribution is 6.25. The van der Waals surface area contributed by atoms with Gasteiger partial charge in [0.25, 0.3) is 0 Å². The minimum absolute atomic E-state index is 1.12. The van der Waals surface area contributed by atoms with Gasteiger partial charge in [-0.1, -0.05) is 170 Å². The molecule has 58 heavy (non-hydrogen) atoms. The Bertz CT molecular complexity index is 3250. The maximum absolute atomic E-state index is 2.44. The molecule has 0 radical (unpaired) electrons. The van der Waals surface area contributed by atoms with Crippen LogP contribution in [-0.2, 0) is 0 Å². The van der Waals surface area contributed by atoms with Gasteiger partial charge >= 0.3 is 0 Å². The number of fused-ring (bicyclic) bond motifs is 6. The summed E-state index contributed by atoms with van der Waals surface area (Å²) in [7, 11) is 0. The van der Waals surface area contributed by atoms with Crippen molar-refractivity contribution in [3.63, 3.8) is 0 Å². The Hall–Kier alpha value is -7.68. The number of aromatic nitrogens is 1. The molecule has 0 spiro atoms. The Morgan fingerprint density at radius 3 is 1.62 bits per heavy atom. The first kappa shape index (κ1) is 33.6. The SMILES string of the molecule is c1ccc(-c2cccc(-c3cccc4c3c3c5ccccc5ccc3n4-c3ccc(-c4ccc(N(c5ccccc5)c5cccc6ccccc56)cc4)cc3)c2)cc1. The first-order valence-corrected chi connectivity index (χ1v) is 19.9. The average Bonchev–Trinajstić information content (AvgIpc) is 3.65. The number of benzene rings is 10. The van der Waals surface area contributed by atoms with Gasteiger partial charge in [0.2, 0.25) is 0 Å². The van der Waals surface area contributed by atoms with E-state index in [0.29, 0.717) is 0 Å². The molecule has 2 nitrogen and oxygen atoms in total. The monoisotopic (exact) mass is 738 g/mol. The van der Waals surface area contributed by atoms with E-state index in [1.807, 2.05) is 0 Å². The molecule has 0 atom stereocenters. The van der Waals surface area contributed by atoms with Gasteiger partial charge in [0, 0.05) is 33.2 Å². The standard InChI is InChI=1S/C56H38N2/c1-3-14-39(15-4-1)44-19-11-20-45(38-44)51-25-13-27-53-56(51)55-50-24-10-8-17-43(50)32-37-54(55)58(53)48-35-30-41(31-36-48)40-28-33-47(34-29-40)57(46-21-5-2-6-22-46)52-26-12-18-42-16-7-9-23-49(42)52/h1-38H. The zero-order valence-electron chi connectivity index (χ0n) is 31.8. The molecule has 0 amide bonds. The van der Waals surface area contributed by atoms with E-state index in [9.17, 15) is 0 Å². The first-order chi connectivity index (χ1) is 28.8. The Labute approximate surface area is 338 Å². The molecular weight excluding hydrogens is 701 g/mol. The van der Waals surface area contributed by atoms with Crippen LogP contribution in [0.5, 0.6) is 0 Å². The van der Waals surface area contributed by atoms with Gasteiger partial charge in [-0.3, -0.25) is 0 Å². The van der Waals surface area contributed by atoms with Gasteiger partial charge in [-0.05, 0) is 110 Å². The normalized spacial score (nSPS) is 11.4. The van der Waals surface area contributed by atoms with E-state index in [1.165, 1.54) is 76.7 Å². The molecule has 0 aliphatic rings. The van der Waals surface area contributed by atoms with Crippen LogP contribution in [-0.4, -0.2) is 4.57 Å². The molecule has 10 aromatic carbocycles. The van der Waals surface area contributed by atoms with Crippen LogP contribution in [0.15, 0.2) is 231 Å². The molecule has 0 bridgehead atoms. The second-order valence-electron chi connectivity index (χ2n) is 14.9. The Kier molecular flexibility index (Phi) is 8.19. The lowest BCUT2D eigenvalue weighted by molar-refractivity contribution is 1.18. The number of anilines is 3. The summed E-state index contributed by atoms with van der Waals surface area (Å²) >= 11 is 0. The smallest absolute Gasteiger partial charge is 0.0547 e. The van der Waals surface area contributed by atoms with Crippen molar-refractivity contribution in [1.82, 2.24) is 4.57 Å². The van der Waals surface area contributed by atoms with E-state index in [1.54, 1.807) is 0 Å². The van der Waals surface area contributed by atoms with Gasteiger partial charge in [0.15, 0.2) is 0 Å². The van der Waals surface area contributed by atoms with Crippen LogP contribution in [0.4, 0.5) is 17.1 Å². The number of hydrogen-bond acceptors (Lipinski definition) is 1. The third-order valence-corrected chi connectivity index (χ3v) is 11.6. The predicted molar refractivity (Wildman–Crippen MR) is 247 cm³/mol. The highest BCUT2D eigenvalue weighted by Crippen LogP contribution is 2.43. The second kappa shape index (κ2) is 14.1. The van der Waals surface area contributed by atoms with Crippen molar-refractivity contribution >= 4 is 60.4 Å². The van der Waals surface area contributed by atoms with Gasteiger partial charge in [0.1, 0.15) is 0 Å². The fourth-order valence-corrected chi connectivity index (χ4v) is 8.86. The lowest BCUT2D eigenvalue weighted by Gasteiger charge is -2.27. The predicted octanol–water partition coefficient (Wildman–Crippen LogP) is 15.6. The zero-order valence-corrected chi connectivity index (χ0v) is 31.8. The van der Waals surface area contributed by atoms with E-state index in [-0.39, 0.29) is 0 Å². The summed E-state index contributed by atoms with van der Waals surface area (Å²) in [5, 5.41) is 7.50. The highest BCUT2D eigenvalue weighted by Gasteiger charge is 2.19. The largest absolute Gasteiger partial charge is 0.310 e. The highest BCUT2D eigenvalue weighted by atomic mass is 15.1. The maximum Gasteiger partial charge on any atom is 0.0547 e. The van der Waals surface area contributed by atoms with Crippen LogP contribution in [0.3, 0.4) is 0 Å². The topological polar surface area (TPSA) is 8.17 Å². The molecule has 0 unspecified atom stereocenters. The van der Waals surface area contributed by atoms with Crippen LogP contribution in [0, 0.1) is 0 Å². The van der Waals surface area contributed by atoms with Crippen LogP contribution in [0.25, 0.3) is 82.4 Å². The third kappa shape index (κ3) is 5.74. The molecule has 2 heteroatoms. The number of rotatable bonds is 7. The average molecular weight is 739 g/mol. The van der Waals surface area contributed by atoms with Crippen molar-refractivity contribution in [3.05, 3.63) is 231 Å². The molecule has 0 fully saturated rings. The zero-order chi connectivity index (χ0) is 38.4. The number of nitrogens with zero attached hydrogens (tertiary/aromatic N) is 2. The molecule has 0 aliphatic heterocycles. The number of para-hydroxylation sites is 1. The molecule has 1 aromatic heterocycles. The lowest BCUT2D eigenvalue weighted by atomic mass is 9.94. The van der Waals surface area contributed by atoms with Crippen molar-refractivity contribution in [2.24, 2.45) is 0 Å². The summed E-state index contributed by atoms with van der Waals surface area (Å²) in [4.78, 5) is 2.35. The second-order valence-corrected chi connectivity index (χ2v) is 14.9. The van der Waals surface area contributed by atoms with E-state index in [4.69, 9.17) is 0 Å². The Balaban J connectivity index is 1.01. The van der Waals surface area contributed by atoms with Crippen LogP contribution in [0.2, 0.25) is 0 Å². The van der Waals surface area contributed by atoms with E-state index in [2.05, 4.69) is 240 Å². The molecular formula is C56H38N2. The minimum atomic E-state index is 1.12. The van der Waals surface area contributed by atoms with Crippen molar-refractivity contribution < 1.29 is 0 Å². The summed E-state index contributed by atoms with van der Waals surface area (Å²) in [6.07, 6.45) is 0. The molecule has 0 saturated heterocycles. The molecule has 1 heterocycles. The lowest BCUT2D eigenvalue weighted by Crippen LogP contribution is -2.10. The van der Waals surface area contributed by atoms with Crippen molar-refractivity contribution in [1.29, 1.82) is 0 Å². The van der Waals surface area contributed by atoms with E-state index in [0.717, 1.165) is 22.7 Å². The van der Waals surface area contributed by atoms with Gasteiger partial charge < -0.3 is 9.47 Å². The van der Waals surface area contributed by atoms with Crippen molar-refractivity contribution in [2.45, 2.75) is 0 Å². The molecule has 11 aromatic rings. The third-order valence-electron chi connectivity index (χ3n) is 11.6.